The Labute approximate surface area is 149 Å². The zero-order valence-corrected chi connectivity index (χ0v) is 14.4. The van der Waals surface area contributed by atoms with Crippen LogP contribution in [0.3, 0.4) is 0 Å². The smallest absolute Gasteiger partial charge is 0.279 e. The van der Waals surface area contributed by atoms with Crippen LogP contribution >= 0.6 is 11.3 Å². The highest BCUT2D eigenvalue weighted by molar-refractivity contribution is 7.07. The molecule has 128 valence electrons. The van der Waals surface area contributed by atoms with Gasteiger partial charge in [0.2, 0.25) is 0 Å². The SMILES string of the molecule is O=C(N=c1sccn1Cc1cccc2ccccc12)C1COCCO1. The second kappa shape index (κ2) is 7.31. The monoisotopic (exact) mass is 354 g/mol. The van der Waals surface area contributed by atoms with Crippen molar-refractivity contribution in [1.82, 2.24) is 4.57 Å². The van der Waals surface area contributed by atoms with Crippen LogP contribution in [-0.2, 0) is 20.8 Å². The van der Waals surface area contributed by atoms with Gasteiger partial charge < -0.3 is 14.0 Å². The van der Waals surface area contributed by atoms with Gasteiger partial charge >= 0.3 is 0 Å². The van der Waals surface area contributed by atoms with Crippen LogP contribution in [0.4, 0.5) is 0 Å². The second-order valence-corrected chi connectivity index (χ2v) is 6.71. The van der Waals surface area contributed by atoms with Crippen LogP contribution < -0.4 is 4.80 Å². The van der Waals surface area contributed by atoms with Gasteiger partial charge in [0, 0.05) is 11.6 Å². The van der Waals surface area contributed by atoms with Crippen LogP contribution in [0.25, 0.3) is 10.8 Å². The van der Waals surface area contributed by atoms with Crippen LogP contribution in [0.15, 0.2) is 59.0 Å². The van der Waals surface area contributed by atoms with Gasteiger partial charge in [-0.15, -0.1) is 11.3 Å². The normalized spacial score (nSPS) is 18.6. The lowest BCUT2D eigenvalue weighted by Crippen LogP contribution is -2.35. The van der Waals surface area contributed by atoms with Gasteiger partial charge in [0.05, 0.1) is 26.4 Å². The van der Waals surface area contributed by atoms with Crippen LogP contribution in [-0.4, -0.2) is 36.4 Å². The maximum atomic E-state index is 12.3. The van der Waals surface area contributed by atoms with E-state index in [1.165, 1.54) is 27.7 Å². The molecule has 0 saturated carbocycles. The molecule has 6 heteroatoms. The average Bonchev–Trinajstić information content (AvgIpc) is 3.09. The van der Waals surface area contributed by atoms with Gasteiger partial charge in [-0.05, 0) is 16.3 Å². The van der Waals surface area contributed by atoms with E-state index >= 15 is 0 Å². The topological polar surface area (TPSA) is 52.8 Å². The van der Waals surface area contributed by atoms with Crippen molar-refractivity contribution >= 4 is 28.0 Å². The number of nitrogens with zero attached hydrogens (tertiary/aromatic N) is 2. The van der Waals surface area contributed by atoms with Crippen LogP contribution in [0.5, 0.6) is 0 Å². The Bertz CT molecular complexity index is 949. The van der Waals surface area contributed by atoms with Gasteiger partial charge in [-0.1, -0.05) is 42.5 Å². The summed E-state index contributed by atoms with van der Waals surface area (Å²) < 4.78 is 12.7. The van der Waals surface area contributed by atoms with Gasteiger partial charge in [0.1, 0.15) is 0 Å². The summed E-state index contributed by atoms with van der Waals surface area (Å²) in [6.45, 7) is 1.91. The number of fused-ring (bicyclic) bond motifs is 1. The number of thiazole rings is 1. The Hall–Kier alpha value is -2.28. The Morgan fingerprint density at radius 2 is 2.08 bits per heavy atom. The molecule has 2 heterocycles. The lowest BCUT2D eigenvalue weighted by Gasteiger charge is -2.19. The summed E-state index contributed by atoms with van der Waals surface area (Å²) in [4.78, 5) is 17.2. The largest absolute Gasteiger partial charge is 0.376 e. The van der Waals surface area contributed by atoms with Crippen molar-refractivity contribution in [3.8, 4) is 0 Å². The van der Waals surface area contributed by atoms with Crippen molar-refractivity contribution in [3.63, 3.8) is 0 Å². The molecule has 1 atom stereocenters. The van der Waals surface area contributed by atoms with Crippen molar-refractivity contribution in [2.45, 2.75) is 12.6 Å². The number of benzene rings is 2. The van der Waals surface area contributed by atoms with E-state index in [1.54, 1.807) is 0 Å². The van der Waals surface area contributed by atoms with Gasteiger partial charge in [0.25, 0.3) is 5.91 Å². The van der Waals surface area contributed by atoms with E-state index in [4.69, 9.17) is 9.47 Å². The molecule has 0 N–H and O–H groups in total. The van der Waals surface area contributed by atoms with Gasteiger partial charge in [-0.2, -0.15) is 4.99 Å². The number of aromatic nitrogens is 1. The number of amides is 1. The average molecular weight is 354 g/mol. The maximum absolute atomic E-state index is 12.3. The molecule has 4 rings (SSSR count). The Kier molecular flexibility index (Phi) is 4.74. The van der Waals surface area contributed by atoms with Crippen molar-refractivity contribution in [2.24, 2.45) is 4.99 Å². The lowest BCUT2D eigenvalue weighted by atomic mass is 10.0. The predicted molar refractivity (Wildman–Crippen MR) is 96.5 cm³/mol. The minimum Gasteiger partial charge on any atom is -0.376 e. The summed E-state index contributed by atoms with van der Waals surface area (Å²) in [6.07, 6.45) is 1.36. The molecule has 0 aliphatic carbocycles. The predicted octanol–water partition coefficient (Wildman–Crippen LogP) is 2.59. The number of hydrogen-bond acceptors (Lipinski definition) is 4. The highest BCUT2D eigenvalue weighted by Crippen LogP contribution is 2.19. The first-order chi connectivity index (χ1) is 12.3. The zero-order valence-electron chi connectivity index (χ0n) is 13.6. The Morgan fingerprint density at radius 3 is 2.96 bits per heavy atom. The molecule has 3 aromatic rings. The summed E-state index contributed by atoms with van der Waals surface area (Å²) >= 11 is 1.45. The molecule has 1 aliphatic rings. The lowest BCUT2D eigenvalue weighted by molar-refractivity contribution is -0.144. The Morgan fingerprint density at radius 1 is 1.20 bits per heavy atom. The van der Waals surface area contributed by atoms with Crippen LogP contribution in [0.1, 0.15) is 5.56 Å². The molecule has 1 saturated heterocycles. The summed E-state index contributed by atoms with van der Waals surface area (Å²) in [5, 5.41) is 4.36. The first kappa shape index (κ1) is 16.2. The highest BCUT2D eigenvalue weighted by atomic mass is 32.1. The highest BCUT2D eigenvalue weighted by Gasteiger charge is 2.22. The first-order valence-corrected chi connectivity index (χ1v) is 9.08. The van der Waals surface area contributed by atoms with Crippen LogP contribution in [0, 0.1) is 0 Å². The summed E-state index contributed by atoms with van der Waals surface area (Å²) in [5.41, 5.74) is 1.20. The summed E-state index contributed by atoms with van der Waals surface area (Å²) in [5.74, 6) is -0.284. The fourth-order valence-corrected chi connectivity index (χ4v) is 3.65. The molecule has 25 heavy (non-hydrogen) atoms. The van der Waals surface area contributed by atoms with E-state index in [-0.39, 0.29) is 12.5 Å². The first-order valence-electron chi connectivity index (χ1n) is 8.20. The number of rotatable bonds is 3. The van der Waals surface area contributed by atoms with E-state index in [0.29, 0.717) is 24.6 Å². The standard InChI is InChI=1S/C19H18N2O3S/c22-18(17-13-23-9-10-24-17)20-19-21(8-11-25-19)12-15-6-3-5-14-4-1-2-7-16(14)15/h1-8,11,17H,9-10,12-13H2. The molecule has 1 aromatic heterocycles. The Balaban J connectivity index is 1.63. The van der Waals surface area contributed by atoms with E-state index in [9.17, 15) is 4.79 Å². The van der Waals surface area contributed by atoms with Crippen molar-refractivity contribution in [3.05, 3.63) is 64.4 Å². The van der Waals surface area contributed by atoms with Gasteiger partial charge in [0.15, 0.2) is 10.9 Å². The summed E-state index contributed by atoms with van der Waals surface area (Å²) in [7, 11) is 0. The van der Waals surface area contributed by atoms with E-state index in [0.717, 1.165) is 0 Å². The van der Waals surface area contributed by atoms with E-state index < -0.39 is 6.10 Å². The number of carbonyl (C=O) groups excluding carboxylic acids is 1. The third kappa shape index (κ3) is 3.56. The van der Waals surface area contributed by atoms with Gasteiger partial charge in [-0.25, -0.2) is 0 Å². The molecule has 1 unspecified atom stereocenters. The quantitative estimate of drug-likeness (QED) is 0.726. The molecular formula is C19H18N2O3S. The fraction of sp³-hybridized carbons (Fsp3) is 0.263. The third-order valence-electron chi connectivity index (χ3n) is 4.18. The fourth-order valence-electron chi connectivity index (χ4n) is 2.92. The van der Waals surface area contributed by atoms with Crippen molar-refractivity contribution in [2.75, 3.05) is 19.8 Å². The number of ether oxygens (including phenoxy) is 2. The second-order valence-electron chi connectivity index (χ2n) is 5.84. The van der Waals surface area contributed by atoms with Crippen molar-refractivity contribution in [1.29, 1.82) is 0 Å². The molecule has 0 spiro atoms. The van der Waals surface area contributed by atoms with Crippen LogP contribution in [0.2, 0.25) is 0 Å². The van der Waals surface area contributed by atoms with E-state index in [2.05, 4.69) is 35.3 Å². The maximum Gasteiger partial charge on any atom is 0.279 e. The molecule has 1 aliphatic heterocycles. The molecule has 1 amide bonds. The molecular weight excluding hydrogens is 336 g/mol. The third-order valence-corrected chi connectivity index (χ3v) is 4.97. The molecule has 0 bridgehead atoms. The summed E-state index contributed by atoms with van der Waals surface area (Å²) in [6, 6.07) is 14.6. The minimum atomic E-state index is -0.596. The van der Waals surface area contributed by atoms with E-state index in [1.807, 2.05) is 28.3 Å². The molecule has 2 aromatic carbocycles. The number of hydrogen-bond donors (Lipinski definition) is 0. The minimum absolute atomic E-state index is 0.275. The number of carbonyl (C=O) groups is 1. The molecule has 5 nitrogen and oxygen atoms in total. The van der Waals surface area contributed by atoms with Gasteiger partial charge in [-0.3, -0.25) is 4.79 Å². The van der Waals surface area contributed by atoms with Crippen molar-refractivity contribution < 1.29 is 14.3 Å². The molecule has 1 fully saturated rings. The zero-order chi connectivity index (χ0) is 17.1. The molecule has 0 radical (unpaired) electrons.